The molecule has 2 nitrogen and oxygen atoms in total. The number of hydrogen-bond donors (Lipinski definition) is 0. The predicted molar refractivity (Wildman–Crippen MR) is 63.5 cm³/mol. The Labute approximate surface area is 106 Å². The molecule has 0 aromatic heterocycles. The van der Waals surface area contributed by atoms with Crippen LogP contribution in [0.5, 0.6) is 0 Å². The molecular weight excluding hydrogens is 299 g/mol. The summed E-state index contributed by atoms with van der Waals surface area (Å²) in [5.41, 5.74) is 0.858. The second kappa shape index (κ2) is 5.53. The van der Waals surface area contributed by atoms with Crippen molar-refractivity contribution in [1.29, 1.82) is 0 Å². The first-order valence-electron chi connectivity index (χ1n) is 4.86. The smallest absolute Gasteiger partial charge is 0.374 e. The predicted octanol–water partition coefficient (Wildman–Crippen LogP) is 3.65. The molecule has 1 aromatic carbocycles. The fraction of sp³-hybridized carbons (Fsp3) is 0.364. The topological polar surface area (TPSA) is 20.3 Å². The van der Waals surface area contributed by atoms with E-state index in [0.717, 1.165) is 4.47 Å². The van der Waals surface area contributed by atoms with Gasteiger partial charge in [0.15, 0.2) is 6.29 Å². The highest BCUT2D eigenvalue weighted by Gasteiger charge is 2.27. The average molecular weight is 310 g/mol. The lowest BCUT2D eigenvalue weighted by Crippen LogP contribution is -2.24. The Hall–Kier alpha value is -1.04. The highest BCUT2D eigenvalue weighted by molar-refractivity contribution is 9.10. The molecule has 0 radical (unpaired) electrons. The van der Waals surface area contributed by atoms with Crippen molar-refractivity contribution in [3.63, 3.8) is 0 Å². The van der Waals surface area contributed by atoms with Crippen LogP contribution in [0.1, 0.15) is 16.8 Å². The lowest BCUT2D eigenvalue weighted by Gasteiger charge is -2.21. The first-order chi connectivity index (χ1) is 7.83. The number of rotatable bonds is 4. The van der Waals surface area contributed by atoms with Gasteiger partial charge in [0.05, 0.1) is 6.42 Å². The van der Waals surface area contributed by atoms with Crippen LogP contribution < -0.4 is 4.90 Å². The van der Waals surface area contributed by atoms with Crippen molar-refractivity contribution in [1.82, 2.24) is 0 Å². The SMILES string of the molecule is CN(CCC(F)(F)F)c1cc(Br)ccc1C=O. The zero-order valence-electron chi connectivity index (χ0n) is 9.09. The summed E-state index contributed by atoms with van der Waals surface area (Å²) in [5, 5.41) is 0. The molecular formula is C11H11BrF3NO. The van der Waals surface area contributed by atoms with Gasteiger partial charge in [0.1, 0.15) is 0 Å². The number of aldehydes is 1. The van der Waals surface area contributed by atoms with Gasteiger partial charge in [-0.05, 0) is 18.2 Å². The van der Waals surface area contributed by atoms with Crippen LogP contribution in [0.15, 0.2) is 22.7 Å². The highest BCUT2D eigenvalue weighted by Crippen LogP contribution is 2.25. The number of carbonyl (C=O) groups excluding carboxylic acids is 1. The van der Waals surface area contributed by atoms with Crippen molar-refractivity contribution in [3.05, 3.63) is 28.2 Å². The molecule has 0 atom stereocenters. The van der Waals surface area contributed by atoms with Crippen molar-refractivity contribution in [2.24, 2.45) is 0 Å². The van der Waals surface area contributed by atoms with Gasteiger partial charge >= 0.3 is 6.18 Å². The molecule has 0 amide bonds. The number of benzene rings is 1. The van der Waals surface area contributed by atoms with Crippen LogP contribution in [-0.4, -0.2) is 26.1 Å². The van der Waals surface area contributed by atoms with Crippen molar-refractivity contribution in [2.45, 2.75) is 12.6 Å². The van der Waals surface area contributed by atoms with E-state index in [-0.39, 0.29) is 6.54 Å². The summed E-state index contributed by atoms with van der Waals surface area (Å²) in [7, 11) is 1.53. The lowest BCUT2D eigenvalue weighted by atomic mass is 10.2. The molecule has 0 aliphatic rings. The normalized spacial score (nSPS) is 11.4. The van der Waals surface area contributed by atoms with Gasteiger partial charge in [-0.1, -0.05) is 15.9 Å². The molecule has 1 aromatic rings. The van der Waals surface area contributed by atoms with Crippen LogP contribution in [0.25, 0.3) is 0 Å². The summed E-state index contributed by atoms with van der Waals surface area (Å²) in [6.07, 6.45) is -4.47. The Morgan fingerprint density at radius 1 is 1.41 bits per heavy atom. The van der Waals surface area contributed by atoms with E-state index in [4.69, 9.17) is 0 Å². The molecule has 0 saturated carbocycles. The standard InChI is InChI=1S/C11H11BrF3NO/c1-16(5-4-11(13,14)15)10-6-9(12)3-2-8(10)7-17/h2-3,6-7H,4-5H2,1H3. The van der Waals surface area contributed by atoms with Crippen molar-refractivity contribution in [3.8, 4) is 0 Å². The molecule has 0 fully saturated rings. The van der Waals surface area contributed by atoms with Gasteiger partial charge in [-0.25, -0.2) is 0 Å². The fourth-order valence-electron chi connectivity index (χ4n) is 1.36. The van der Waals surface area contributed by atoms with E-state index >= 15 is 0 Å². The van der Waals surface area contributed by atoms with Crippen LogP contribution in [0.4, 0.5) is 18.9 Å². The number of hydrogen-bond acceptors (Lipinski definition) is 2. The molecule has 0 aliphatic carbocycles. The highest BCUT2D eigenvalue weighted by atomic mass is 79.9. The van der Waals surface area contributed by atoms with E-state index in [9.17, 15) is 18.0 Å². The summed E-state index contributed by atoms with van der Waals surface area (Å²) in [5.74, 6) is 0. The minimum Gasteiger partial charge on any atom is -0.374 e. The van der Waals surface area contributed by atoms with E-state index in [1.54, 1.807) is 18.2 Å². The maximum absolute atomic E-state index is 12.1. The van der Waals surface area contributed by atoms with Gasteiger partial charge in [0.2, 0.25) is 0 Å². The van der Waals surface area contributed by atoms with Crippen LogP contribution in [0, 0.1) is 0 Å². The monoisotopic (exact) mass is 309 g/mol. The molecule has 0 saturated heterocycles. The average Bonchev–Trinajstić information content (AvgIpc) is 2.25. The molecule has 6 heteroatoms. The van der Waals surface area contributed by atoms with E-state index < -0.39 is 12.6 Å². The minimum atomic E-state index is -4.19. The lowest BCUT2D eigenvalue weighted by molar-refractivity contribution is -0.132. The van der Waals surface area contributed by atoms with Gasteiger partial charge < -0.3 is 4.90 Å². The number of anilines is 1. The number of carbonyl (C=O) groups is 1. The van der Waals surface area contributed by atoms with Crippen molar-refractivity contribution in [2.75, 3.05) is 18.5 Å². The zero-order chi connectivity index (χ0) is 13.1. The largest absolute Gasteiger partial charge is 0.390 e. The van der Waals surface area contributed by atoms with Gasteiger partial charge in [-0.2, -0.15) is 13.2 Å². The van der Waals surface area contributed by atoms with Gasteiger partial charge in [0, 0.05) is 29.3 Å². The van der Waals surface area contributed by atoms with Crippen LogP contribution in [-0.2, 0) is 0 Å². The summed E-state index contributed by atoms with van der Waals surface area (Å²) in [6, 6.07) is 4.86. The summed E-state index contributed by atoms with van der Waals surface area (Å²) in [4.78, 5) is 12.2. The van der Waals surface area contributed by atoms with Gasteiger partial charge in [0.25, 0.3) is 0 Å². The van der Waals surface area contributed by atoms with E-state index in [1.807, 2.05) is 0 Å². The first kappa shape index (κ1) is 14.0. The summed E-state index contributed by atoms with van der Waals surface area (Å²) >= 11 is 3.22. The fourth-order valence-corrected chi connectivity index (χ4v) is 1.71. The number of nitrogens with zero attached hydrogens (tertiary/aromatic N) is 1. The molecule has 0 bridgehead atoms. The molecule has 17 heavy (non-hydrogen) atoms. The Balaban J connectivity index is 2.84. The summed E-state index contributed by atoms with van der Waals surface area (Å²) in [6.45, 7) is -0.180. The van der Waals surface area contributed by atoms with Gasteiger partial charge in [-0.3, -0.25) is 4.79 Å². The molecule has 0 spiro atoms. The molecule has 94 valence electrons. The van der Waals surface area contributed by atoms with Crippen molar-refractivity contribution < 1.29 is 18.0 Å². The Kier molecular flexibility index (Phi) is 4.56. The maximum atomic E-state index is 12.1. The molecule has 0 aliphatic heterocycles. The van der Waals surface area contributed by atoms with Crippen molar-refractivity contribution >= 4 is 27.9 Å². The third-order valence-electron chi connectivity index (χ3n) is 2.26. The second-order valence-corrected chi connectivity index (χ2v) is 4.52. The Morgan fingerprint density at radius 2 is 2.06 bits per heavy atom. The van der Waals surface area contributed by atoms with Crippen LogP contribution >= 0.6 is 15.9 Å². The van der Waals surface area contributed by atoms with E-state index in [0.29, 0.717) is 17.5 Å². The van der Waals surface area contributed by atoms with E-state index in [1.165, 1.54) is 11.9 Å². The van der Waals surface area contributed by atoms with Gasteiger partial charge in [-0.15, -0.1) is 0 Å². The molecule has 0 N–H and O–H groups in total. The molecule has 0 unspecified atom stereocenters. The first-order valence-corrected chi connectivity index (χ1v) is 5.65. The quantitative estimate of drug-likeness (QED) is 0.791. The molecule has 1 rings (SSSR count). The van der Waals surface area contributed by atoms with Crippen LogP contribution in [0.2, 0.25) is 0 Å². The van der Waals surface area contributed by atoms with Crippen LogP contribution in [0.3, 0.4) is 0 Å². The second-order valence-electron chi connectivity index (χ2n) is 3.61. The third kappa shape index (κ3) is 4.38. The Bertz CT molecular complexity index is 406. The Morgan fingerprint density at radius 3 is 2.59 bits per heavy atom. The van der Waals surface area contributed by atoms with E-state index in [2.05, 4.69) is 15.9 Å². The minimum absolute atomic E-state index is 0.180. The molecule has 0 heterocycles. The summed E-state index contributed by atoms with van der Waals surface area (Å²) < 4.78 is 37.0. The number of alkyl halides is 3. The maximum Gasteiger partial charge on any atom is 0.390 e. The number of halogens is 4. The third-order valence-corrected chi connectivity index (χ3v) is 2.75. The zero-order valence-corrected chi connectivity index (χ0v) is 10.7.